The second kappa shape index (κ2) is 7.23. The largest absolute Gasteiger partial charge is 0.496 e. The molecule has 0 radical (unpaired) electrons. The first kappa shape index (κ1) is 16.8. The predicted molar refractivity (Wildman–Crippen MR) is 98.8 cm³/mol. The van der Waals surface area contributed by atoms with Crippen molar-refractivity contribution < 1.29 is 14.3 Å². The van der Waals surface area contributed by atoms with Crippen LogP contribution in [0.25, 0.3) is 6.08 Å². The third-order valence-electron chi connectivity index (χ3n) is 3.47. The molecule has 0 unspecified atom stereocenters. The smallest absolute Gasteiger partial charge is 0.264 e. The SMILES string of the molecule is COc1ccccc1/C=C1\SC(=Nc2ccccc2C(N)=O)NC1=O. The Morgan fingerprint density at radius 1 is 1.20 bits per heavy atom. The minimum atomic E-state index is -0.570. The number of nitrogens with two attached hydrogens (primary N) is 1. The highest BCUT2D eigenvalue weighted by Gasteiger charge is 2.24. The Labute approximate surface area is 148 Å². The molecule has 3 rings (SSSR count). The van der Waals surface area contributed by atoms with Gasteiger partial charge in [0.25, 0.3) is 11.8 Å². The van der Waals surface area contributed by atoms with Gasteiger partial charge in [-0.2, -0.15) is 0 Å². The van der Waals surface area contributed by atoms with Gasteiger partial charge < -0.3 is 15.8 Å². The van der Waals surface area contributed by atoms with E-state index in [2.05, 4.69) is 10.3 Å². The summed E-state index contributed by atoms with van der Waals surface area (Å²) >= 11 is 1.19. The highest BCUT2D eigenvalue weighted by Crippen LogP contribution is 2.31. The third-order valence-corrected chi connectivity index (χ3v) is 4.38. The van der Waals surface area contributed by atoms with E-state index in [9.17, 15) is 9.59 Å². The van der Waals surface area contributed by atoms with E-state index >= 15 is 0 Å². The number of carbonyl (C=O) groups is 2. The van der Waals surface area contributed by atoms with Crippen molar-refractivity contribution in [3.05, 3.63) is 64.6 Å². The summed E-state index contributed by atoms with van der Waals surface area (Å²) < 4.78 is 5.29. The number of hydrogen-bond donors (Lipinski definition) is 2. The van der Waals surface area contributed by atoms with Gasteiger partial charge in [0, 0.05) is 5.56 Å². The number of nitrogens with zero attached hydrogens (tertiary/aromatic N) is 1. The molecular weight excluding hydrogens is 338 g/mol. The number of primary amides is 1. The van der Waals surface area contributed by atoms with Crippen molar-refractivity contribution in [1.29, 1.82) is 0 Å². The molecule has 7 heteroatoms. The van der Waals surface area contributed by atoms with Crippen LogP contribution in [0.5, 0.6) is 5.75 Å². The molecule has 2 amide bonds. The number of carbonyl (C=O) groups excluding carboxylic acids is 2. The summed E-state index contributed by atoms with van der Waals surface area (Å²) in [5.41, 5.74) is 6.85. The van der Waals surface area contributed by atoms with Crippen LogP contribution in [0.1, 0.15) is 15.9 Å². The summed E-state index contributed by atoms with van der Waals surface area (Å²) in [5, 5.41) is 3.08. The van der Waals surface area contributed by atoms with Gasteiger partial charge in [-0.05, 0) is 36.0 Å². The van der Waals surface area contributed by atoms with Gasteiger partial charge in [-0.15, -0.1) is 0 Å². The number of benzene rings is 2. The van der Waals surface area contributed by atoms with Gasteiger partial charge in [0.2, 0.25) is 0 Å². The lowest BCUT2D eigenvalue weighted by Gasteiger charge is -2.03. The molecule has 1 aliphatic rings. The number of methoxy groups -OCH3 is 1. The molecule has 0 bridgehead atoms. The maximum Gasteiger partial charge on any atom is 0.264 e. The number of ether oxygens (including phenoxy) is 1. The molecule has 1 heterocycles. The van der Waals surface area contributed by atoms with Crippen molar-refractivity contribution >= 4 is 40.5 Å². The van der Waals surface area contributed by atoms with E-state index < -0.39 is 5.91 Å². The minimum Gasteiger partial charge on any atom is -0.496 e. The number of amidine groups is 1. The average Bonchev–Trinajstić information content (AvgIpc) is 2.95. The first-order chi connectivity index (χ1) is 12.1. The summed E-state index contributed by atoms with van der Waals surface area (Å²) in [7, 11) is 1.58. The first-order valence-corrected chi connectivity index (χ1v) is 8.21. The van der Waals surface area contributed by atoms with Crippen LogP contribution in [0.4, 0.5) is 5.69 Å². The number of thioether (sulfide) groups is 1. The zero-order valence-electron chi connectivity index (χ0n) is 13.4. The number of rotatable bonds is 4. The third kappa shape index (κ3) is 3.72. The maximum absolute atomic E-state index is 12.2. The molecule has 25 heavy (non-hydrogen) atoms. The molecular formula is C18H15N3O3S. The van der Waals surface area contributed by atoms with Crippen LogP contribution in [0.2, 0.25) is 0 Å². The van der Waals surface area contributed by atoms with Gasteiger partial charge >= 0.3 is 0 Å². The van der Waals surface area contributed by atoms with E-state index in [0.29, 0.717) is 27.1 Å². The van der Waals surface area contributed by atoms with Gasteiger partial charge in [-0.3, -0.25) is 9.59 Å². The van der Waals surface area contributed by atoms with Gasteiger partial charge in [-0.25, -0.2) is 4.99 Å². The van der Waals surface area contributed by atoms with Gasteiger partial charge in [0.05, 0.1) is 23.3 Å². The maximum atomic E-state index is 12.2. The zero-order valence-corrected chi connectivity index (χ0v) is 14.2. The van der Waals surface area contributed by atoms with E-state index in [1.165, 1.54) is 11.8 Å². The van der Waals surface area contributed by atoms with Crippen molar-refractivity contribution in [3.63, 3.8) is 0 Å². The van der Waals surface area contributed by atoms with E-state index in [-0.39, 0.29) is 5.91 Å². The monoisotopic (exact) mass is 353 g/mol. The molecule has 0 atom stereocenters. The quantitative estimate of drug-likeness (QED) is 0.827. The molecule has 0 aliphatic carbocycles. The van der Waals surface area contributed by atoms with Crippen LogP contribution in [-0.2, 0) is 4.79 Å². The average molecular weight is 353 g/mol. The van der Waals surface area contributed by atoms with E-state index in [4.69, 9.17) is 10.5 Å². The van der Waals surface area contributed by atoms with Gasteiger partial charge in [-0.1, -0.05) is 30.3 Å². The molecule has 2 aromatic carbocycles. The number of para-hydroxylation sites is 2. The van der Waals surface area contributed by atoms with Crippen molar-refractivity contribution in [1.82, 2.24) is 5.32 Å². The molecule has 3 N–H and O–H groups in total. The lowest BCUT2D eigenvalue weighted by atomic mass is 10.2. The Morgan fingerprint density at radius 3 is 2.68 bits per heavy atom. The summed E-state index contributed by atoms with van der Waals surface area (Å²) in [6.45, 7) is 0. The first-order valence-electron chi connectivity index (χ1n) is 7.40. The van der Waals surface area contributed by atoms with Crippen molar-refractivity contribution in [3.8, 4) is 5.75 Å². The van der Waals surface area contributed by atoms with Crippen LogP contribution in [0, 0.1) is 0 Å². The Balaban J connectivity index is 1.91. The molecule has 0 spiro atoms. The summed E-state index contributed by atoms with van der Waals surface area (Å²) in [6, 6.07) is 14.1. The van der Waals surface area contributed by atoms with Crippen molar-refractivity contribution in [2.75, 3.05) is 7.11 Å². The lowest BCUT2D eigenvalue weighted by Crippen LogP contribution is -2.19. The van der Waals surface area contributed by atoms with E-state index in [1.54, 1.807) is 37.5 Å². The molecule has 6 nitrogen and oxygen atoms in total. The standard InChI is InChI=1S/C18H15N3O3S/c1-24-14-9-5-2-6-11(14)10-15-17(23)21-18(25-15)20-13-8-4-3-7-12(13)16(19)22/h2-10H,1H3,(H2,19,22)(H,20,21,23)/b15-10-. The molecule has 1 aliphatic heterocycles. The van der Waals surface area contributed by atoms with Crippen molar-refractivity contribution in [2.24, 2.45) is 10.7 Å². The Bertz CT molecular complexity index is 906. The van der Waals surface area contributed by atoms with Crippen LogP contribution in [0.3, 0.4) is 0 Å². The fourth-order valence-corrected chi connectivity index (χ4v) is 3.12. The van der Waals surface area contributed by atoms with Gasteiger partial charge in [0.15, 0.2) is 5.17 Å². The number of aliphatic imine (C=N–C) groups is 1. The van der Waals surface area contributed by atoms with E-state index in [0.717, 1.165) is 5.56 Å². The minimum absolute atomic E-state index is 0.258. The zero-order chi connectivity index (χ0) is 17.8. The summed E-state index contributed by atoms with van der Waals surface area (Å²) in [6.07, 6.45) is 1.74. The highest BCUT2D eigenvalue weighted by molar-refractivity contribution is 8.18. The van der Waals surface area contributed by atoms with Crippen LogP contribution in [0.15, 0.2) is 58.4 Å². The highest BCUT2D eigenvalue weighted by atomic mass is 32.2. The molecule has 0 aromatic heterocycles. The topological polar surface area (TPSA) is 93.8 Å². The molecule has 1 fully saturated rings. The molecule has 2 aromatic rings. The number of amides is 2. The Kier molecular flexibility index (Phi) is 4.85. The fourth-order valence-electron chi connectivity index (χ4n) is 2.30. The summed E-state index contributed by atoms with van der Waals surface area (Å²) in [5.74, 6) is -0.155. The van der Waals surface area contributed by atoms with Crippen LogP contribution >= 0.6 is 11.8 Å². The van der Waals surface area contributed by atoms with Gasteiger partial charge in [0.1, 0.15) is 5.75 Å². The lowest BCUT2D eigenvalue weighted by molar-refractivity contribution is -0.115. The fraction of sp³-hybridized carbons (Fsp3) is 0.0556. The summed E-state index contributed by atoms with van der Waals surface area (Å²) in [4.78, 5) is 28.5. The van der Waals surface area contributed by atoms with Crippen molar-refractivity contribution in [2.45, 2.75) is 0 Å². The Hall–Kier alpha value is -3.06. The number of hydrogen-bond acceptors (Lipinski definition) is 5. The second-order valence-corrected chi connectivity index (χ2v) is 6.14. The Morgan fingerprint density at radius 2 is 1.92 bits per heavy atom. The molecule has 0 saturated carbocycles. The van der Waals surface area contributed by atoms with E-state index in [1.807, 2.05) is 24.3 Å². The molecule has 1 saturated heterocycles. The predicted octanol–water partition coefficient (Wildman–Crippen LogP) is 2.69. The van der Waals surface area contributed by atoms with Crippen LogP contribution in [-0.4, -0.2) is 24.1 Å². The van der Waals surface area contributed by atoms with Crippen LogP contribution < -0.4 is 15.8 Å². The number of nitrogens with one attached hydrogen (secondary N) is 1. The molecule has 126 valence electrons. The second-order valence-electron chi connectivity index (χ2n) is 5.11. The normalized spacial score (nSPS) is 16.9.